The molecule has 0 spiro atoms. The molecule has 1 aromatic heterocycles. The first-order chi connectivity index (χ1) is 9.19. The highest BCUT2D eigenvalue weighted by Crippen LogP contribution is 2.21. The Morgan fingerprint density at radius 3 is 2.58 bits per heavy atom. The molecule has 1 heterocycles. The van der Waals surface area contributed by atoms with Gasteiger partial charge in [-0.05, 0) is 24.3 Å². The molecule has 2 rings (SSSR count). The van der Waals surface area contributed by atoms with Gasteiger partial charge in [-0.25, -0.2) is 0 Å². The Morgan fingerprint density at radius 1 is 1.21 bits per heavy atom. The maximum absolute atomic E-state index is 8.79. The highest BCUT2D eigenvalue weighted by atomic mass is 16.5. The minimum atomic E-state index is 0.180. The highest BCUT2D eigenvalue weighted by molar-refractivity contribution is 5.59. The van der Waals surface area contributed by atoms with Crippen molar-refractivity contribution in [2.24, 2.45) is 5.92 Å². The fourth-order valence-corrected chi connectivity index (χ4v) is 2.10. The molecule has 3 heteroatoms. The molecule has 0 saturated carbocycles. The molecule has 0 radical (unpaired) electrons. The fourth-order valence-electron chi connectivity index (χ4n) is 2.10. The van der Waals surface area contributed by atoms with E-state index in [1.54, 1.807) is 0 Å². The third-order valence-corrected chi connectivity index (χ3v) is 3.03. The lowest BCUT2D eigenvalue weighted by Crippen LogP contribution is -1.93. The van der Waals surface area contributed by atoms with Crippen LogP contribution < -0.4 is 0 Å². The standard InChI is InChI=1S/C16H21NO2/c1-12(2)10-13-5-7-14(8-6-13)16-11-15(19-17-16)4-3-9-18/h5-8,11-12,18H,3-4,9-10H2,1-2H3. The van der Waals surface area contributed by atoms with E-state index in [2.05, 4.69) is 43.3 Å². The third-order valence-electron chi connectivity index (χ3n) is 3.03. The van der Waals surface area contributed by atoms with Crippen molar-refractivity contribution in [1.82, 2.24) is 5.16 Å². The predicted octanol–water partition coefficient (Wildman–Crippen LogP) is 3.47. The molecular weight excluding hydrogens is 238 g/mol. The number of hydrogen-bond acceptors (Lipinski definition) is 3. The zero-order valence-corrected chi connectivity index (χ0v) is 11.6. The Balaban J connectivity index is 2.07. The lowest BCUT2D eigenvalue weighted by Gasteiger charge is -2.04. The van der Waals surface area contributed by atoms with Crippen molar-refractivity contribution in [2.75, 3.05) is 6.61 Å². The normalized spacial score (nSPS) is 11.2. The number of benzene rings is 1. The molecule has 3 nitrogen and oxygen atoms in total. The number of nitrogens with zero attached hydrogens (tertiary/aromatic N) is 1. The minimum Gasteiger partial charge on any atom is -0.396 e. The summed E-state index contributed by atoms with van der Waals surface area (Å²) in [6, 6.07) is 10.4. The lowest BCUT2D eigenvalue weighted by atomic mass is 10.0. The second-order valence-electron chi connectivity index (χ2n) is 5.30. The molecule has 0 amide bonds. The summed E-state index contributed by atoms with van der Waals surface area (Å²) < 4.78 is 5.25. The van der Waals surface area contributed by atoms with Gasteiger partial charge < -0.3 is 9.63 Å². The molecule has 2 aromatic rings. The Labute approximate surface area is 114 Å². The van der Waals surface area contributed by atoms with Crippen LogP contribution in [-0.2, 0) is 12.8 Å². The first kappa shape index (κ1) is 13.8. The quantitative estimate of drug-likeness (QED) is 0.864. The van der Waals surface area contributed by atoms with Crippen molar-refractivity contribution in [3.05, 3.63) is 41.7 Å². The van der Waals surface area contributed by atoms with Crippen LogP contribution >= 0.6 is 0 Å². The van der Waals surface area contributed by atoms with Crippen LogP contribution in [0.3, 0.4) is 0 Å². The van der Waals surface area contributed by atoms with Gasteiger partial charge in [-0.2, -0.15) is 0 Å². The van der Waals surface area contributed by atoms with Crippen LogP contribution in [0.2, 0.25) is 0 Å². The Hall–Kier alpha value is -1.61. The molecule has 1 aromatic carbocycles. The van der Waals surface area contributed by atoms with Crippen molar-refractivity contribution >= 4 is 0 Å². The van der Waals surface area contributed by atoms with E-state index in [-0.39, 0.29) is 6.61 Å². The van der Waals surface area contributed by atoms with Crippen molar-refractivity contribution in [2.45, 2.75) is 33.1 Å². The van der Waals surface area contributed by atoms with Crippen LogP contribution in [0.5, 0.6) is 0 Å². The maximum atomic E-state index is 8.79. The summed E-state index contributed by atoms with van der Waals surface area (Å²) in [6.45, 7) is 4.62. The summed E-state index contributed by atoms with van der Waals surface area (Å²) in [5.41, 5.74) is 3.29. The molecule has 0 saturated heterocycles. The molecule has 0 aliphatic rings. The van der Waals surface area contributed by atoms with E-state index in [0.717, 1.165) is 29.9 Å². The van der Waals surface area contributed by atoms with Crippen LogP contribution in [0.15, 0.2) is 34.9 Å². The van der Waals surface area contributed by atoms with Gasteiger partial charge in [-0.1, -0.05) is 43.3 Å². The van der Waals surface area contributed by atoms with Gasteiger partial charge in [0.15, 0.2) is 0 Å². The fraction of sp³-hybridized carbons (Fsp3) is 0.438. The zero-order valence-electron chi connectivity index (χ0n) is 11.6. The molecule has 0 atom stereocenters. The molecular formula is C16H21NO2. The summed E-state index contributed by atoms with van der Waals surface area (Å²) in [5.74, 6) is 1.50. The number of aromatic nitrogens is 1. The summed E-state index contributed by atoms with van der Waals surface area (Å²) in [5, 5.41) is 12.9. The first-order valence-corrected chi connectivity index (χ1v) is 6.85. The van der Waals surface area contributed by atoms with Gasteiger partial charge in [-0.15, -0.1) is 0 Å². The number of hydrogen-bond donors (Lipinski definition) is 1. The van der Waals surface area contributed by atoms with Crippen LogP contribution in [0.25, 0.3) is 11.3 Å². The summed E-state index contributed by atoms with van der Waals surface area (Å²) >= 11 is 0. The van der Waals surface area contributed by atoms with Crippen LogP contribution in [0.4, 0.5) is 0 Å². The van der Waals surface area contributed by atoms with E-state index >= 15 is 0 Å². The van der Waals surface area contributed by atoms with Crippen molar-refractivity contribution < 1.29 is 9.63 Å². The van der Waals surface area contributed by atoms with Gasteiger partial charge in [0.05, 0.1) is 0 Å². The number of aryl methyl sites for hydroxylation is 1. The second-order valence-corrected chi connectivity index (χ2v) is 5.30. The lowest BCUT2D eigenvalue weighted by molar-refractivity contribution is 0.280. The largest absolute Gasteiger partial charge is 0.396 e. The molecule has 0 fully saturated rings. The van der Waals surface area contributed by atoms with E-state index in [1.165, 1.54) is 5.56 Å². The number of aliphatic hydroxyl groups is 1. The van der Waals surface area contributed by atoms with Crippen molar-refractivity contribution in [3.63, 3.8) is 0 Å². The van der Waals surface area contributed by atoms with Crippen LogP contribution in [-0.4, -0.2) is 16.9 Å². The van der Waals surface area contributed by atoms with Gasteiger partial charge in [-0.3, -0.25) is 0 Å². The van der Waals surface area contributed by atoms with Gasteiger partial charge in [0, 0.05) is 24.7 Å². The van der Waals surface area contributed by atoms with E-state index in [0.29, 0.717) is 12.3 Å². The average Bonchev–Trinajstić information content (AvgIpc) is 2.85. The van der Waals surface area contributed by atoms with E-state index < -0.39 is 0 Å². The average molecular weight is 259 g/mol. The van der Waals surface area contributed by atoms with Crippen molar-refractivity contribution in [1.29, 1.82) is 0 Å². The molecule has 1 N–H and O–H groups in total. The van der Waals surface area contributed by atoms with E-state index in [4.69, 9.17) is 9.63 Å². The smallest absolute Gasteiger partial charge is 0.137 e. The third kappa shape index (κ3) is 3.93. The Morgan fingerprint density at radius 2 is 1.95 bits per heavy atom. The minimum absolute atomic E-state index is 0.180. The van der Waals surface area contributed by atoms with E-state index in [1.807, 2.05) is 6.07 Å². The van der Waals surface area contributed by atoms with Crippen LogP contribution in [0.1, 0.15) is 31.6 Å². The number of aliphatic hydroxyl groups excluding tert-OH is 1. The first-order valence-electron chi connectivity index (χ1n) is 6.85. The summed E-state index contributed by atoms with van der Waals surface area (Å²) in [4.78, 5) is 0. The SMILES string of the molecule is CC(C)Cc1ccc(-c2cc(CCCO)on2)cc1. The topological polar surface area (TPSA) is 46.3 Å². The molecule has 19 heavy (non-hydrogen) atoms. The maximum Gasteiger partial charge on any atom is 0.137 e. The molecule has 0 aliphatic heterocycles. The molecule has 102 valence electrons. The van der Waals surface area contributed by atoms with Gasteiger partial charge in [0.2, 0.25) is 0 Å². The Bertz CT molecular complexity index is 500. The predicted molar refractivity (Wildman–Crippen MR) is 75.9 cm³/mol. The zero-order chi connectivity index (χ0) is 13.7. The second kappa shape index (κ2) is 6.53. The molecule has 0 bridgehead atoms. The Kier molecular flexibility index (Phi) is 4.74. The monoisotopic (exact) mass is 259 g/mol. The van der Waals surface area contributed by atoms with Crippen molar-refractivity contribution in [3.8, 4) is 11.3 Å². The molecule has 0 unspecified atom stereocenters. The van der Waals surface area contributed by atoms with Gasteiger partial charge >= 0.3 is 0 Å². The summed E-state index contributed by atoms with van der Waals surface area (Å²) in [6.07, 6.45) is 2.54. The van der Waals surface area contributed by atoms with Gasteiger partial charge in [0.1, 0.15) is 11.5 Å². The van der Waals surface area contributed by atoms with E-state index in [9.17, 15) is 0 Å². The highest BCUT2D eigenvalue weighted by Gasteiger charge is 2.06. The molecule has 0 aliphatic carbocycles. The number of rotatable bonds is 6. The van der Waals surface area contributed by atoms with Crippen LogP contribution in [0, 0.1) is 5.92 Å². The van der Waals surface area contributed by atoms with Gasteiger partial charge in [0.25, 0.3) is 0 Å². The summed E-state index contributed by atoms with van der Waals surface area (Å²) in [7, 11) is 0.